The molecule has 0 heterocycles. The fraction of sp³-hybridized carbons (Fsp3) is 0.647. The van der Waals surface area contributed by atoms with Crippen molar-refractivity contribution in [3.05, 3.63) is 23.8 Å². The third-order valence-corrected chi connectivity index (χ3v) is 4.21. The average molecular weight is 324 g/mol. The summed E-state index contributed by atoms with van der Waals surface area (Å²) in [5.74, 6) is 0.0512. The summed E-state index contributed by atoms with van der Waals surface area (Å²) < 4.78 is 10.8. The molecule has 0 aromatic rings. The number of unbranched alkanes of at least 4 members (excludes halogenated alkanes) is 1. The molecule has 0 bridgehead atoms. The number of hydrogen-bond acceptors (Lipinski definition) is 4. The van der Waals surface area contributed by atoms with Crippen molar-refractivity contribution >= 4 is 20.1 Å². The fourth-order valence-electron chi connectivity index (χ4n) is 2.33. The zero-order chi connectivity index (χ0) is 16.6. The van der Waals surface area contributed by atoms with Crippen LogP contribution in [0.3, 0.4) is 0 Å². The Morgan fingerprint density at radius 3 is 2.73 bits per heavy atom. The molecule has 0 saturated carbocycles. The zero-order valence-corrected chi connectivity index (χ0v) is 15.2. The number of allylic oxidation sites excluding steroid dienone is 3. The highest BCUT2D eigenvalue weighted by Gasteiger charge is 2.27. The summed E-state index contributed by atoms with van der Waals surface area (Å²) in [6.45, 7) is 8.64. The predicted octanol–water partition coefficient (Wildman–Crippen LogP) is 3.79. The van der Waals surface area contributed by atoms with Gasteiger partial charge in [-0.25, -0.2) is 0 Å². The quantitative estimate of drug-likeness (QED) is 0.280. The van der Waals surface area contributed by atoms with Gasteiger partial charge in [-0.1, -0.05) is 12.2 Å². The molecule has 1 atom stereocenters. The summed E-state index contributed by atoms with van der Waals surface area (Å²) in [4.78, 5) is 23.1. The molecule has 0 spiro atoms. The summed E-state index contributed by atoms with van der Waals surface area (Å²) in [5.41, 5.74) is 0.852. The molecule has 1 aliphatic rings. The van der Waals surface area contributed by atoms with Gasteiger partial charge in [-0.05, 0) is 57.5 Å². The first-order valence-electron chi connectivity index (χ1n) is 8.04. The van der Waals surface area contributed by atoms with E-state index in [4.69, 9.17) is 9.16 Å². The monoisotopic (exact) mass is 324 g/mol. The molecule has 0 saturated heterocycles. The highest BCUT2D eigenvalue weighted by atomic mass is 28.4. The van der Waals surface area contributed by atoms with Crippen LogP contribution in [0.25, 0.3) is 0 Å². The molecule has 4 nitrogen and oxygen atoms in total. The zero-order valence-electron chi connectivity index (χ0n) is 14.2. The highest BCUT2D eigenvalue weighted by molar-refractivity contribution is 6.69. The predicted molar refractivity (Wildman–Crippen MR) is 90.2 cm³/mol. The Hall–Kier alpha value is -1.20. The second-order valence-corrected chi connectivity index (χ2v) is 10.9. The van der Waals surface area contributed by atoms with Gasteiger partial charge < -0.3 is 9.16 Å². The van der Waals surface area contributed by atoms with E-state index in [0.29, 0.717) is 25.9 Å². The summed E-state index contributed by atoms with van der Waals surface area (Å²) in [7, 11) is -1.61. The number of hydrogen-bond donors (Lipinski definition) is 0. The molecule has 0 amide bonds. The molecule has 1 aliphatic carbocycles. The Kier molecular flexibility index (Phi) is 7.75. The molecule has 0 N–H and O–H groups in total. The fourth-order valence-corrected chi connectivity index (χ4v) is 3.39. The van der Waals surface area contributed by atoms with Gasteiger partial charge >= 0.3 is 5.97 Å². The standard InChI is InChI=1S/C17H28O4Si/c1-5-20-17(19)11-9-7-6-8-10-14-12-15(13-16(14)18)21-22(2,3)4/h6,8,12,15H,5,7,9-11,13H2,1-4H3/b8-6-/t15-/m0/s1. The Bertz CT molecular complexity index is 446. The van der Waals surface area contributed by atoms with Crippen LogP contribution in [0.1, 0.15) is 39.0 Å². The smallest absolute Gasteiger partial charge is 0.305 e. The van der Waals surface area contributed by atoms with E-state index in [0.717, 1.165) is 18.4 Å². The number of Topliss-reactive ketones (excluding diaryl/α,β-unsaturated/α-hetero) is 1. The van der Waals surface area contributed by atoms with E-state index in [1.54, 1.807) is 0 Å². The van der Waals surface area contributed by atoms with Crippen LogP contribution in [0.15, 0.2) is 23.8 Å². The average Bonchev–Trinajstić information content (AvgIpc) is 2.71. The number of ketones is 1. The van der Waals surface area contributed by atoms with E-state index >= 15 is 0 Å². The molecule has 0 aromatic heterocycles. The van der Waals surface area contributed by atoms with Gasteiger partial charge in [0.15, 0.2) is 14.1 Å². The van der Waals surface area contributed by atoms with Crippen LogP contribution in [-0.2, 0) is 18.8 Å². The Labute approximate surface area is 134 Å². The minimum atomic E-state index is -1.61. The van der Waals surface area contributed by atoms with Crippen LogP contribution in [0.2, 0.25) is 19.6 Å². The van der Waals surface area contributed by atoms with Crippen molar-refractivity contribution in [3.8, 4) is 0 Å². The molecule has 5 heteroatoms. The lowest BCUT2D eigenvalue weighted by molar-refractivity contribution is -0.143. The van der Waals surface area contributed by atoms with Crippen LogP contribution in [0, 0.1) is 0 Å². The van der Waals surface area contributed by atoms with Crippen LogP contribution < -0.4 is 0 Å². The summed E-state index contributed by atoms with van der Waals surface area (Å²) >= 11 is 0. The second-order valence-electron chi connectivity index (χ2n) is 6.46. The molecular weight excluding hydrogens is 296 g/mol. The molecule has 124 valence electrons. The summed E-state index contributed by atoms with van der Waals surface area (Å²) in [6, 6.07) is 0. The first-order chi connectivity index (χ1) is 10.3. The van der Waals surface area contributed by atoms with E-state index in [9.17, 15) is 9.59 Å². The maximum Gasteiger partial charge on any atom is 0.305 e. The minimum absolute atomic E-state index is 0.0358. The maximum atomic E-state index is 11.9. The van der Waals surface area contributed by atoms with Gasteiger partial charge in [0.1, 0.15) is 0 Å². The topological polar surface area (TPSA) is 52.6 Å². The minimum Gasteiger partial charge on any atom is -0.466 e. The number of carbonyl (C=O) groups is 2. The van der Waals surface area contributed by atoms with Crippen molar-refractivity contribution < 1.29 is 18.8 Å². The van der Waals surface area contributed by atoms with E-state index in [1.807, 2.05) is 25.2 Å². The van der Waals surface area contributed by atoms with Gasteiger partial charge in [-0.15, -0.1) is 0 Å². The van der Waals surface area contributed by atoms with Gasteiger partial charge in [0.2, 0.25) is 0 Å². The largest absolute Gasteiger partial charge is 0.466 e. The summed E-state index contributed by atoms with van der Waals surface area (Å²) in [6.07, 6.45) is 9.17. The number of carbonyl (C=O) groups excluding carboxylic acids is 2. The van der Waals surface area contributed by atoms with Gasteiger partial charge in [0, 0.05) is 12.8 Å². The first kappa shape index (κ1) is 18.8. The van der Waals surface area contributed by atoms with Crippen molar-refractivity contribution in [2.75, 3.05) is 6.61 Å². The Morgan fingerprint density at radius 2 is 2.09 bits per heavy atom. The first-order valence-corrected chi connectivity index (χ1v) is 11.4. The Morgan fingerprint density at radius 1 is 1.36 bits per heavy atom. The number of esters is 1. The lowest BCUT2D eigenvalue weighted by atomic mass is 10.1. The number of rotatable bonds is 9. The maximum absolute atomic E-state index is 11.9. The summed E-state index contributed by atoms with van der Waals surface area (Å²) in [5, 5.41) is 0. The highest BCUT2D eigenvalue weighted by Crippen LogP contribution is 2.23. The molecule has 0 aliphatic heterocycles. The van der Waals surface area contributed by atoms with E-state index in [1.165, 1.54) is 0 Å². The second kappa shape index (κ2) is 9.05. The van der Waals surface area contributed by atoms with E-state index in [2.05, 4.69) is 19.6 Å². The molecule has 22 heavy (non-hydrogen) atoms. The lowest BCUT2D eigenvalue weighted by Gasteiger charge is -2.21. The Balaban J connectivity index is 2.28. The van der Waals surface area contributed by atoms with Crippen molar-refractivity contribution in [1.29, 1.82) is 0 Å². The third-order valence-electron chi connectivity index (χ3n) is 3.20. The van der Waals surface area contributed by atoms with Gasteiger partial charge in [-0.3, -0.25) is 9.59 Å². The van der Waals surface area contributed by atoms with Crippen molar-refractivity contribution in [2.45, 2.75) is 64.8 Å². The molecule has 1 rings (SSSR count). The molecular formula is C17H28O4Si. The van der Waals surface area contributed by atoms with Crippen LogP contribution >= 0.6 is 0 Å². The van der Waals surface area contributed by atoms with E-state index < -0.39 is 8.32 Å². The molecule has 0 aromatic carbocycles. The van der Waals surface area contributed by atoms with Crippen LogP contribution in [-0.4, -0.2) is 32.8 Å². The van der Waals surface area contributed by atoms with Crippen molar-refractivity contribution in [2.24, 2.45) is 0 Å². The van der Waals surface area contributed by atoms with Crippen LogP contribution in [0.5, 0.6) is 0 Å². The van der Waals surface area contributed by atoms with Gasteiger partial charge in [0.25, 0.3) is 0 Å². The molecule has 0 radical (unpaired) electrons. The van der Waals surface area contributed by atoms with Crippen LogP contribution in [0.4, 0.5) is 0 Å². The lowest BCUT2D eigenvalue weighted by Crippen LogP contribution is -2.30. The molecule has 0 unspecified atom stereocenters. The van der Waals surface area contributed by atoms with Crippen molar-refractivity contribution in [1.82, 2.24) is 0 Å². The normalized spacial score (nSPS) is 18.8. The van der Waals surface area contributed by atoms with Crippen molar-refractivity contribution in [3.63, 3.8) is 0 Å². The van der Waals surface area contributed by atoms with E-state index in [-0.39, 0.29) is 17.9 Å². The SMILES string of the molecule is CCOC(=O)CCC/C=C\CC1=C[C@H](O[Si](C)(C)C)CC1=O. The third kappa shape index (κ3) is 7.71. The molecule has 0 fully saturated rings. The van der Waals surface area contributed by atoms with Gasteiger partial charge in [-0.2, -0.15) is 0 Å². The van der Waals surface area contributed by atoms with Gasteiger partial charge in [0.05, 0.1) is 12.7 Å². The number of ether oxygens (including phenoxy) is 1.